The molecule has 0 radical (unpaired) electrons. The van der Waals surface area contributed by atoms with Crippen LogP contribution in [0.15, 0.2) is 12.2 Å². The van der Waals surface area contributed by atoms with E-state index in [1.54, 1.807) is 6.08 Å². The molecule has 0 saturated heterocycles. The summed E-state index contributed by atoms with van der Waals surface area (Å²) in [5.74, 6) is 0.616. The molecule has 0 bridgehead atoms. The fourth-order valence-electron chi connectivity index (χ4n) is 7.11. The summed E-state index contributed by atoms with van der Waals surface area (Å²) in [4.78, 5) is 23.1. The maximum absolute atomic E-state index is 12.9. The highest BCUT2D eigenvalue weighted by molar-refractivity contribution is 7.47. The number of carbonyl (C=O) groups is 1. The fourth-order valence-corrected chi connectivity index (χ4v) is 7.85. The van der Waals surface area contributed by atoms with E-state index in [2.05, 4.69) is 26.1 Å². The van der Waals surface area contributed by atoms with E-state index >= 15 is 0 Å². The summed E-state index contributed by atoms with van der Waals surface area (Å²) in [6.07, 6.45) is 43.0. The quantitative estimate of drug-likeness (QED) is 0.0245. The van der Waals surface area contributed by atoms with Crippen LogP contribution in [0.1, 0.15) is 226 Å². The van der Waals surface area contributed by atoms with Crippen molar-refractivity contribution in [3.8, 4) is 0 Å². The third-order valence-electron chi connectivity index (χ3n) is 10.9. The summed E-state index contributed by atoms with van der Waals surface area (Å²) in [5, 5.41) is 13.8. The number of nitrogens with zero attached hydrogens (tertiary/aromatic N) is 1. The van der Waals surface area contributed by atoms with E-state index in [1.165, 1.54) is 161 Å². The maximum Gasteiger partial charge on any atom is 0.472 e. The molecule has 1 unspecified atom stereocenters. The van der Waals surface area contributed by atoms with Crippen molar-refractivity contribution in [2.24, 2.45) is 5.92 Å². The molecule has 0 aliphatic carbocycles. The molecule has 3 N–H and O–H groups in total. The maximum atomic E-state index is 12.9. The number of amides is 1. The number of carbonyl (C=O) groups excluding carboxylic acids is 1. The van der Waals surface area contributed by atoms with Crippen LogP contribution in [0, 0.1) is 5.92 Å². The second-order valence-corrected chi connectivity index (χ2v) is 19.8. The van der Waals surface area contributed by atoms with E-state index in [4.69, 9.17) is 9.05 Å². The molecule has 8 nitrogen and oxygen atoms in total. The fraction of sp³-hybridized carbons (Fsp3) is 0.936. The van der Waals surface area contributed by atoms with Gasteiger partial charge in [0.1, 0.15) is 13.2 Å². The van der Waals surface area contributed by atoms with Crippen molar-refractivity contribution in [1.82, 2.24) is 5.32 Å². The van der Waals surface area contributed by atoms with Gasteiger partial charge in [-0.05, 0) is 25.2 Å². The number of unbranched alkanes of at least 4 members (excludes halogenated alkanes) is 28. The molecule has 0 rings (SSSR count). The first-order chi connectivity index (χ1) is 26.9. The van der Waals surface area contributed by atoms with Crippen molar-refractivity contribution in [3.63, 3.8) is 0 Å². The van der Waals surface area contributed by atoms with Crippen LogP contribution < -0.4 is 5.32 Å². The molecule has 334 valence electrons. The Morgan fingerprint density at radius 1 is 0.643 bits per heavy atom. The Labute approximate surface area is 348 Å². The first kappa shape index (κ1) is 55.2. The largest absolute Gasteiger partial charge is 0.472 e. The minimum absolute atomic E-state index is 0.0637. The molecule has 0 saturated carbocycles. The highest BCUT2D eigenvalue weighted by Gasteiger charge is 2.27. The monoisotopic (exact) mass is 816 g/mol. The number of allylic oxidation sites excluding steroid dienone is 1. The number of quaternary nitrogens is 1. The molecule has 0 fully saturated rings. The van der Waals surface area contributed by atoms with Gasteiger partial charge in [-0.3, -0.25) is 13.8 Å². The van der Waals surface area contributed by atoms with Gasteiger partial charge in [-0.25, -0.2) is 4.57 Å². The summed E-state index contributed by atoms with van der Waals surface area (Å²) < 4.78 is 23.6. The van der Waals surface area contributed by atoms with Crippen LogP contribution >= 0.6 is 7.82 Å². The lowest BCUT2D eigenvalue weighted by atomic mass is 10.0. The topological polar surface area (TPSA) is 105 Å². The number of likely N-dealkylation sites (N-methyl/N-ethyl adjacent to an activating group) is 1. The minimum atomic E-state index is -4.33. The third kappa shape index (κ3) is 41.4. The number of hydrogen-bond donors (Lipinski definition) is 3. The SMILES string of the molecule is CCCCCCCCCCCCCCCCCCCCCCCCC(=O)N[C@@H](COP(=O)(O)OCC[N+](C)(C)C)[C@H](O)/C=C/CCCCCCCCCC(C)C. The second-order valence-electron chi connectivity index (χ2n) is 18.3. The van der Waals surface area contributed by atoms with Crippen LogP contribution in [0.25, 0.3) is 0 Å². The Hall–Kier alpha value is -0.760. The zero-order valence-corrected chi connectivity index (χ0v) is 39.0. The number of phosphoric ester groups is 1. The standard InChI is InChI=1S/C47H95N2O6P/c1-7-8-9-10-11-12-13-14-15-16-17-18-19-20-21-22-23-24-28-31-34-37-40-47(51)48-45(43-55-56(52,53)54-42-41-49(4,5)6)46(50)39-36-33-30-27-25-26-29-32-35-38-44(2)3/h36,39,44-46,50H,7-35,37-38,40-43H2,1-6H3,(H-,48,51,52,53)/p+1/b39-36+/t45-,46+/m0/s1. The summed E-state index contributed by atoms with van der Waals surface area (Å²) >= 11 is 0. The molecule has 0 aromatic heterocycles. The molecule has 0 aromatic rings. The molecule has 9 heteroatoms. The van der Waals surface area contributed by atoms with Crippen molar-refractivity contribution < 1.29 is 32.9 Å². The van der Waals surface area contributed by atoms with Gasteiger partial charge in [0, 0.05) is 6.42 Å². The van der Waals surface area contributed by atoms with Crippen LogP contribution in [-0.2, 0) is 18.4 Å². The average molecular weight is 816 g/mol. The first-order valence-corrected chi connectivity index (χ1v) is 25.4. The third-order valence-corrected chi connectivity index (χ3v) is 11.9. The Morgan fingerprint density at radius 3 is 1.48 bits per heavy atom. The number of aliphatic hydroxyl groups excluding tert-OH is 1. The van der Waals surface area contributed by atoms with Crippen LogP contribution in [0.3, 0.4) is 0 Å². The number of phosphoric acid groups is 1. The minimum Gasteiger partial charge on any atom is -0.387 e. The molecule has 0 aliphatic heterocycles. The zero-order chi connectivity index (χ0) is 41.6. The van der Waals surface area contributed by atoms with Gasteiger partial charge in [0.15, 0.2) is 0 Å². The number of rotatable bonds is 43. The van der Waals surface area contributed by atoms with Crippen molar-refractivity contribution in [1.29, 1.82) is 0 Å². The molecular formula is C47H96N2O6P+. The highest BCUT2D eigenvalue weighted by atomic mass is 31.2. The van der Waals surface area contributed by atoms with E-state index in [0.717, 1.165) is 44.4 Å². The highest BCUT2D eigenvalue weighted by Crippen LogP contribution is 2.43. The first-order valence-electron chi connectivity index (χ1n) is 23.9. The molecule has 0 heterocycles. The van der Waals surface area contributed by atoms with Crippen molar-refractivity contribution >= 4 is 13.7 Å². The smallest absolute Gasteiger partial charge is 0.387 e. The van der Waals surface area contributed by atoms with Gasteiger partial charge in [0.2, 0.25) is 5.91 Å². The normalized spacial score (nSPS) is 14.4. The predicted molar refractivity (Wildman–Crippen MR) is 240 cm³/mol. The number of hydrogen-bond acceptors (Lipinski definition) is 5. The molecule has 56 heavy (non-hydrogen) atoms. The lowest BCUT2D eigenvalue weighted by molar-refractivity contribution is -0.870. The lowest BCUT2D eigenvalue weighted by Crippen LogP contribution is -2.45. The Morgan fingerprint density at radius 2 is 1.05 bits per heavy atom. The van der Waals surface area contributed by atoms with Gasteiger partial charge in [-0.1, -0.05) is 213 Å². The molecular weight excluding hydrogens is 719 g/mol. The van der Waals surface area contributed by atoms with Crippen LogP contribution in [0.2, 0.25) is 0 Å². The van der Waals surface area contributed by atoms with Gasteiger partial charge in [0.05, 0.1) is 39.9 Å². The molecule has 0 aliphatic rings. The van der Waals surface area contributed by atoms with Crippen molar-refractivity contribution in [2.75, 3.05) is 40.9 Å². The summed E-state index contributed by atoms with van der Waals surface area (Å²) in [5.41, 5.74) is 0. The van der Waals surface area contributed by atoms with Gasteiger partial charge in [-0.2, -0.15) is 0 Å². The van der Waals surface area contributed by atoms with Crippen LogP contribution in [0.4, 0.5) is 0 Å². The summed E-state index contributed by atoms with van der Waals surface area (Å²) in [6, 6.07) is -0.841. The summed E-state index contributed by atoms with van der Waals surface area (Å²) in [6.45, 7) is 7.14. The number of aliphatic hydroxyl groups is 1. The van der Waals surface area contributed by atoms with Crippen LogP contribution in [0.5, 0.6) is 0 Å². The zero-order valence-electron chi connectivity index (χ0n) is 38.1. The van der Waals surface area contributed by atoms with Crippen LogP contribution in [-0.4, -0.2) is 73.4 Å². The van der Waals surface area contributed by atoms with Gasteiger partial charge < -0.3 is 19.8 Å². The number of nitrogens with one attached hydrogen (secondary N) is 1. The summed E-state index contributed by atoms with van der Waals surface area (Å²) in [7, 11) is 1.58. The Balaban J connectivity index is 4.23. The van der Waals surface area contributed by atoms with Gasteiger partial charge in [-0.15, -0.1) is 0 Å². The van der Waals surface area contributed by atoms with E-state index < -0.39 is 20.0 Å². The van der Waals surface area contributed by atoms with Gasteiger partial charge in [0.25, 0.3) is 0 Å². The van der Waals surface area contributed by atoms with E-state index in [1.807, 2.05) is 27.2 Å². The van der Waals surface area contributed by atoms with Crippen molar-refractivity contribution in [2.45, 2.75) is 238 Å². The lowest BCUT2D eigenvalue weighted by Gasteiger charge is -2.25. The predicted octanol–water partition coefficient (Wildman–Crippen LogP) is 13.4. The molecule has 1 amide bonds. The Bertz CT molecular complexity index is 940. The van der Waals surface area contributed by atoms with E-state index in [9.17, 15) is 19.4 Å². The van der Waals surface area contributed by atoms with E-state index in [0.29, 0.717) is 17.4 Å². The average Bonchev–Trinajstić information content (AvgIpc) is 3.13. The molecule has 0 spiro atoms. The molecule has 3 atom stereocenters. The molecule has 0 aromatic carbocycles. The van der Waals surface area contributed by atoms with Gasteiger partial charge >= 0.3 is 7.82 Å². The second kappa shape index (κ2) is 38.4. The Kier molecular flexibility index (Phi) is 37.9. The van der Waals surface area contributed by atoms with Crippen molar-refractivity contribution in [3.05, 3.63) is 12.2 Å². The van der Waals surface area contributed by atoms with E-state index in [-0.39, 0.29) is 19.1 Å².